The lowest BCUT2D eigenvalue weighted by molar-refractivity contribution is 0.0890. The molecule has 0 atom stereocenters. The first-order valence-electron chi connectivity index (χ1n) is 11.1. The van der Waals surface area contributed by atoms with E-state index in [1.165, 1.54) is 4.68 Å². The third kappa shape index (κ3) is 5.66. The Morgan fingerprint density at radius 3 is 2.27 bits per heavy atom. The Hall–Kier alpha value is -3.93. The summed E-state index contributed by atoms with van der Waals surface area (Å²) in [6.45, 7) is 2.59. The average molecular weight is 440 g/mol. The second-order valence-electron chi connectivity index (χ2n) is 8.33. The van der Waals surface area contributed by atoms with Gasteiger partial charge in [-0.3, -0.25) is 4.79 Å². The van der Waals surface area contributed by atoms with Gasteiger partial charge in [-0.1, -0.05) is 72.3 Å². The molecule has 0 saturated heterocycles. The fourth-order valence-corrected chi connectivity index (χ4v) is 3.52. The van der Waals surface area contributed by atoms with Gasteiger partial charge < -0.3 is 10.2 Å². The van der Waals surface area contributed by atoms with Gasteiger partial charge in [0.05, 0.1) is 0 Å². The van der Waals surface area contributed by atoms with Crippen molar-refractivity contribution < 1.29 is 4.79 Å². The molecule has 0 bridgehead atoms. The predicted molar refractivity (Wildman–Crippen MR) is 134 cm³/mol. The van der Waals surface area contributed by atoms with Crippen LogP contribution in [-0.2, 0) is 13.0 Å². The van der Waals surface area contributed by atoms with Crippen LogP contribution in [0.3, 0.4) is 0 Å². The SMILES string of the molecule is Cc1ccc(-c2nc(NCc3ccc(N(C)C)cc3)n(C(=O)CCc3ccccc3)n2)cc1. The molecule has 0 spiro atoms. The first kappa shape index (κ1) is 22.3. The van der Waals surface area contributed by atoms with Crippen molar-refractivity contribution in [2.75, 3.05) is 24.3 Å². The maximum absolute atomic E-state index is 13.1. The molecule has 0 radical (unpaired) electrons. The molecule has 6 nitrogen and oxygen atoms in total. The summed E-state index contributed by atoms with van der Waals surface area (Å²) < 4.78 is 1.41. The second kappa shape index (κ2) is 10.1. The molecule has 33 heavy (non-hydrogen) atoms. The van der Waals surface area contributed by atoms with Gasteiger partial charge in [0, 0.05) is 38.3 Å². The van der Waals surface area contributed by atoms with Crippen LogP contribution in [0.5, 0.6) is 0 Å². The van der Waals surface area contributed by atoms with Crippen LogP contribution >= 0.6 is 0 Å². The third-order valence-electron chi connectivity index (χ3n) is 5.53. The van der Waals surface area contributed by atoms with Crippen LogP contribution in [-0.4, -0.2) is 34.8 Å². The molecule has 0 amide bonds. The molecule has 3 aromatic carbocycles. The minimum absolute atomic E-state index is 0.0878. The Morgan fingerprint density at radius 2 is 1.61 bits per heavy atom. The number of rotatable bonds is 8. The molecule has 1 N–H and O–H groups in total. The zero-order valence-corrected chi connectivity index (χ0v) is 19.3. The highest BCUT2D eigenvalue weighted by atomic mass is 16.2. The van der Waals surface area contributed by atoms with Crippen LogP contribution in [0.1, 0.15) is 27.9 Å². The van der Waals surface area contributed by atoms with Crippen molar-refractivity contribution in [3.8, 4) is 11.4 Å². The summed E-state index contributed by atoms with van der Waals surface area (Å²) in [7, 11) is 4.03. The number of hydrogen-bond donors (Lipinski definition) is 1. The summed E-state index contributed by atoms with van der Waals surface area (Å²) in [6.07, 6.45) is 1.01. The van der Waals surface area contributed by atoms with E-state index in [9.17, 15) is 4.79 Å². The fraction of sp³-hybridized carbons (Fsp3) is 0.222. The molecule has 0 fully saturated rings. The Labute approximate surface area is 194 Å². The Bertz CT molecular complexity index is 1200. The van der Waals surface area contributed by atoms with Crippen LogP contribution in [0.25, 0.3) is 11.4 Å². The van der Waals surface area contributed by atoms with E-state index < -0.39 is 0 Å². The van der Waals surface area contributed by atoms with Crippen molar-refractivity contribution in [2.45, 2.75) is 26.3 Å². The number of carbonyl (C=O) groups excluding carboxylic acids is 1. The van der Waals surface area contributed by atoms with Crippen molar-refractivity contribution in [1.29, 1.82) is 0 Å². The number of nitrogens with zero attached hydrogens (tertiary/aromatic N) is 4. The number of hydrogen-bond acceptors (Lipinski definition) is 5. The Balaban J connectivity index is 1.55. The number of benzene rings is 3. The molecule has 1 heterocycles. The lowest BCUT2D eigenvalue weighted by atomic mass is 10.1. The smallest absolute Gasteiger partial charge is 0.250 e. The van der Waals surface area contributed by atoms with Gasteiger partial charge in [-0.15, -0.1) is 5.10 Å². The van der Waals surface area contributed by atoms with Gasteiger partial charge in [-0.25, -0.2) is 0 Å². The molecular weight excluding hydrogens is 410 g/mol. The van der Waals surface area contributed by atoms with E-state index in [1.807, 2.05) is 75.6 Å². The molecule has 1 aromatic heterocycles. The molecule has 0 saturated carbocycles. The summed E-state index contributed by atoms with van der Waals surface area (Å²) in [4.78, 5) is 19.8. The van der Waals surface area contributed by atoms with Crippen LogP contribution in [0, 0.1) is 6.92 Å². The second-order valence-corrected chi connectivity index (χ2v) is 8.33. The predicted octanol–water partition coefficient (Wildman–Crippen LogP) is 5.20. The number of aromatic nitrogens is 3. The van der Waals surface area contributed by atoms with E-state index >= 15 is 0 Å². The lowest BCUT2D eigenvalue weighted by Crippen LogP contribution is -2.17. The number of anilines is 2. The quantitative estimate of drug-likeness (QED) is 0.409. The summed E-state index contributed by atoms with van der Waals surface area (Å²) in [5.74, 6) is 0.906. The first-order chi connectivity index (χ1) is 16.0. The van der Waals surface area contributed by atoms with Gasteiger partial charge in [0.15, 0.2) is 5.82 Å². The molecule has 0 aliphatic rings. The summed E-state index contributed by atoms with van der Waals surface area (Å²) >= 11 is 0. The molecular formula is C27H29N5O. The zero-order chi connectivity index (χ0) is 23.2. The normalized spacial score (nSPS) is 10.8. The van der Waals surface area contributed by atoms with Gasteiger partial charge in [-0.05, 0) is 36.6 Å². The van der Waals surface area contributed by atoms with Crippen molar-refractivity contribution in [2.24, 2.45) is 0 Å². The van der Waals surface area contributed by atoms with Crippen molar-refractivity contribution >= 4 is 17.5 Å². The minimum Gasteiger partial charge on any atom is -0.378 e. The minimum atomic E-state index is -0.0878. The van der Waals surface area contributed by atoms with E-state index in [-0.39, 0.29) is 5.91 Å². The highest BCUT2D eigenvalue weighted by Gasteiger charge is 2.17. The third-order valence-corrected chi connectivity index (χ3v) is 5.53. The highest BCUT2D eigenvalue weighted by molar-refractivity contribution is 5.81. The molecule has 0 aliphatic carbocycles. The maximum atomic E-state index is 13.1. The zero-order valence-electron chi connectivity index (χ0n) is 19.3. The van der Waals surface area contributed by atoms with Crippen LogP contribution in [0.4, 0.5) is 11.6 Å². The molecule has 0 aliphatic heterocycles. The van der Waals surface area contributed by atoms with E-state index in [2.05, 4.69) is 44.6 Å². The van der Waals surface area contributed by atoms with Crippen molar-refractivity contribution in [3.63, 3.8) is 0 Å². The molecule has 168 valence electrons. The summed E-state index contributed by atoms with van der Waals surface area (Å²) in [5, 5.41) is 7.87. The van der Waals surface area contributed by atoms with Crippen LogP contribution in [0.2, 0.25) is 0 Å². The van der Waals surface area contributed by atoms with Crippen LogP contribution in [0.15, 0.2) is 78.9 Å². The largest absolute Gasteiger partial charge is 0.378 e. The van der Waals surface area contributed by atoms with Gasteiger partial charge >= 0.3 is 0 Å². The fourth-order valence-electron chi connectivity index (χ4n) is 3.52. The maximum Gasteiger partial charge on any atom is 0.250 e. The molecule has 6 heteroatoms. The summed E-state index contributed by atoms with van der Waals surface area (Å²) in [6, 6.07) is 26.3. The number of aryl methyl sites for hydroxylation is 2. The lowest BCUT2D eigenvalue weighted by Gasteiger charge is -2.13. The van der Waals surface area contributed by atoms with Crippen molar-refractivity contribution in [1.82, 2.24) is 14.8 Å². The van der Waals surface area contributed by atoms with E-state index in [0.29, 0.717) is 31.2 Å². The average Bonchev–Trinajstić information content (AvgIpc) is 3.27. The molecule has 4 rings (SSSR count). The van der Waals surface area contributed by atoms with Crippen LogP contribution < -0.4 is 10.2 Å². The van der Waals surface area contributed by atoms with Gasteiger partial charge in [0.1, 0.15) is 0 Å². The van der Waals surface area contributed by atoms with Crippen molar-refractivity contribution in [3.05, 3.63) is 95.6 Å². The molecule has 0 unspecified atom stereocenters. The Kier molecular flexibility index (Phi) is 6.83. The molecule has 4 aromatic rings. The summed E-state index contributed by atoms with van der Waals surface area (Å²) in [5.41, 5.74) is 5.41. The van der Waals surface area contributed by atoms with Gasteiger partial charge in [0.25, 0.3) is 0 Å². The van der Waals surface area contributed by atoms with Gasteiger partial charge in [-0.2, -0.15) is 9.67 Å². The van der Waals surface area contributed by atoms with E-state index in [4.69, 9.17) is 0 Å². The number of nitrogens with one attached hydrogen (secondary N) is 1. The Morgan fingerprint density at radius 1 is 0.909 bits per heavy atom. The van der Waals surface area contributed by atoms with E-state index in [0.717, 1.165) is 27.9 Å². The highest BCUT2D eigenvalue weighted by Crippen LogP contribution is 2.20. The topological polar surface area (TPSA) is 63.1 Å². The standard InChI is InChI=1S/C27H29N5O/c1-20-9-14-23(15-10-20)26-29-27(28-19-22-11-16-24(17-12-22)31(2)3)32(30-26)25(33)18-13-21-7-5-4-6-8-21/h4-12,14-17H,13,18-19H2,1-3H3,(H,28,29,30). The van der Waals surface area contributed by atoms with E-state index in [1.54, 1.807) is 0 Å². The monoisotopic (exact) mass is 439 g/mol. The van der Waals surface area contributed by atoms with Gasteiger partial charge in [0.2, 0.25) is 11.9 Å². The first-order valence-corrected chi connectivity index (χ1v) is 11.1. The number of carbonyl (C=O) groups is 1.